The van der Waals surface area contributed by atoms with Gasteiger partial charge in [0.2, 0.25) is 6.43 Å². The second-order valence-corrected chi connectivity index (χ2v) is 18.2. The van der Waals surface area contributed by atoms with Crippen LogP contribution >= 0.6 is 0 Å². The van der Waals surface area contributed by atoms with Gasteiger partial charge < -0.3 is 40.1 Å². The van der Waals surface area contributed by atoms with Gasteiger partial charge >= 0.3 is 0 Å². The van der Waals surface area contributed by atoms with Crippen LogP contribution in [0, 0.1) is 16.7 Å². The number of alkyl halides is 2. The van der Waals surface area contributed by atoms with E-state index in [9.17, 15) is 39.4 Å². The standard InChI is InChI=1S/C43H80F2N2O8/c1-2-3-4-5-6-7-8-9-10-14-17-20-23-33(49)35(50)32(27-54-40-38(53)37(52)36(51)34(26-48)55-40)39-46-25-31(47-39)22-19-16-13-11-12-15-18-21-24-42-28-43(29-42,30-42)41(44)45/h31-41,46-53H,2-30H2,1H3/t31?,32-,33+,34?,35-,36?,37?,38?,39?,40?,42?,43?/m0/s1. The number of halogens is 2. The average Bonchev–Trinajstić information content (AvgIpc) is 3.61. The highest BCUT2D eigenvalue weighted by Crippen LogP contribution is 2.77. The van der Waals surface area contributed by atoms with E-state index in [0.29, 0.717) is 13.0 Å². The fraction of sp³-hybridized carbons (Fsp3) is 1.00. The Bertz CT molecular complexity index is 1010. The zero-order valence-corrected chi connectivity index (χ0v) is 34.1. The van der Waals surface area contributed by atoms with Gasteiger partial charge in [-0.05, 0) is 43.9 Å². The van der Waals surface area contributed by atoms with Crippen molar-refractivity contribution in [1.29, 1.82) is 0 Å². The minimum atomic E-state index is -2.13. The minimum absolute atomic E-state index is 0.0891. The average molecular weight is 791 g/mol. The Balaban J connectivity index is 1.12. The fourth-order valence-electron chi connectivity index (χ4n) is 10.1. The normalized spacial score (nSPS) is 33.4. The van der Waals surface area contributed by atoms with Crippen LogP contribution in [0.4, 0.5) is 8.78 Å². The zero-order valence-electron chi connectivity index (χ0n) is 34.1. The molecule has 8 N–H and O–H groups in total. The van der Waals surface area contributed by atoms with Crippen molar-refractivity contribution in [3.05, 3.63) is 0 Å². The third kappa shape index (κ3) is 14.3. The van der Waals surface area contributed by atoms with Gasteiger partial charge in [-0.15, -0.1) is 0 Å². The summed E-state index contributed by atoms with van der Waals surface area (Å²) in [6.45, 7) is 2.31. The van der Waals surface area contributed by atoms with E-state index in [1.807, 2.05) is 0 Å². The van der Waals surface area contributed by atoms with Crippen LogP contribution in [-0.4, -0.2) is 112 Å². The van der Waals surface area contributed by atoms with Crippen LogP contribution in [0.15, 0.2) is 0 Å². The van der Waals surface area contributed by atoms with E-state index in [0.717, 1.165) is 64.2 Å². The van der Waals surface area contributed by atoms with Gasteiger partial charge in [0.1, 0.15) is 24.4 Å². The second kappa shape index (κ2) is 24.5. The molecule has 5 fully saturated rings. The molecule has 55 heavy (non-hydrogen) atoms. The predicted molar refractivity (Wildman–Crippen MR) is 211 cm³/mol. The molecule has 2 saturated heterocycles. The fourth-order valence-corrected chi connectivity index (χ4v) is 10.1. The number of aliphatic hydroxyl groups is 6. The SMILES string of the molecule is CCCCCCCCCCCCCC[C@@H](O)[C@@H](O)[C@H](COC1OC(CO)C(O)C(O)C1O)C1NCC(CCCCCCCCCCC23CC(C(F)F)(C2)C3)N1. The molecule has 0 amide bonds. The predicted octanol–water partition coefficient (Wildman–Crippen LogP) is 6.46. The Labute approximate surface area is 330 Å². The highest BCUT2D eigenvalue weighted by molar-refractivity contribution is 5.17. The lowest BCUT2D eigenvalue weighted by atomic mass is 9.34. The maximum Gasteiger partial charge on any atom is 0.244 e. The molecule has 5 aliphatic rings. The van der Waals surface area contributed by atoms with Gasteiger partial charge in [0.05, 0.1) is 31.6 Å². The Kier molecular flexibility index (Phi) is 21.0. The molecule has 10 atom stereocenters. The highest BCUT2D eigenvalue weighted by atomic mass is 19.3. The lowest BCUT2D eigenvalue weighted by Crippen LogP contribution is -2.64. The van der Waals surface area contributed by atoms with Crippen molar-refractivity contribution in [1.82, 2.24) is 10.6 Å². The molecule has 10 nitrogen and oxygen atoms in total. The molecular formula is C43H80F2N2O8. The summed E-state index contributed by atoms with van der Waals surface area (Å²) in [6.07, 6.45) is 17.3. The molecule has 3 saturated carbocycles. The largest absolute Gasteiger partial charge is 0.394 e. The number of aliphatic hydroxyl groups excluding tert-OH is 6. The van der Waals surface area contributed by atoms with Crippen LogP contribution in [0.2, 0.25) is 0 Å². The third-order valence-electron chi connectivity index (χ3n) is 13.6. The summed E-state index contributed by atoms with van der Waals surface area (Å²) in [5, 5.41) is 70.2. The quantitative estimate of drug-likeness (QED) is 0.0355. The smallest absolute Gasteiger partial charge is 0.244 e. The molecule has 5 rings (SSSR count). The first-order valence-electron chi connectivity index (χ1n) is 22.6. The van der Waals surface area contributed by atoms with Crippen LogP contribution in [0.1, 0.15) is 174 Å². The maximum atomic E-state index is 13.1. The van der Waals surface area contributed by atoms with E-state index >= 15 is 0 Å². The lowest BCUT2D eigenvalue weighted by molar-refractivity contribution is -0.305. The van der Waals surface area contributed by atoms with E-state index < -0.39 is 67.3 Å². The van der Waals surface area contributed by atoms with Crippen molar-refractivity contribution in [3.8, 4) is 0 Å². The van der Waals surface area contributed by atoms with E-state index in [-0.39, 0.29) is 24.2 Å². The van der Waals surface area contributed by atoms with Gasteiger partial charge in [-0.2, -0.15) is 0 Å². The molecule has 2 bridgehead atoms. The Hall–Kier alpha value is -0.540. The van der Waals surface area contributed by atoms with Gasteiger partial charge in [0.15, 0.2) is 6.29 Å². The van der Waals surface area contributed by atoms with Crippen LogP contribution in [0.5, 0.6) is 0 Å². The molecule has 0 aromatic heterocycles. The van der Waals surface area contributed by atoms with Gasteiger partial charge in [-0.3, -0.25) is 10.6 Å². The Morgan fingerprint density at radius 1 is 0.727 bits per heavy atom. The molecule has 7 unspecified atom stereocenters. The highest BCUT2D eigenvalue weighted by Gasteiger charge is 2.70. The summed E-state index contributed by atoms with van der Waals surface area (Å²) in [6, 6.07) is 0.196. The first-order valence-corrected chi connectivity index (χ1v) is 22.6. The van der Waals surface area contributed by atoms with Crippen molar-refractivity contribution < 1.29 is 48.9 Å². The first-order chi connectivity index (χ1) is 26.5. The summed E-state index contributed by atoms with van der Waals surface area (Å²) in [5.41, 5.74) is -0.340. The summed E-state index contributed by atoms with van der Waals surface area (Å²) in [7, 11) is 0. The van der Waals surface area contributed by atoms with Crippen LogP contribution < -0.4 is 10.6 Å². The topological polar surface area (TPSA) is 164 Å². The van der Waals surface area contributed by atoms with E-state index in [4.69, 9.17) is 9.47 Å². The van der Waals surface area contributed by atoms with Crippen LogP contribution in [-0.2, 0) is 9.47 Å². The maximum absolute atomic E-state index is 13.1. The molecule has 12 heteroatoms. The Morgan fingerprint density at radius 2 is 1.27 bits per heavy atom. The second-order valence-electron chi connectivity index (χ2n) is 18.2. The molecule has 0 aromatic carbocycles. The molecule has 324 valence electrons. The van der Waals surface area contributed by atoms with Gasteiger partial charge in [0, 0.05) is 23.9 Å². The molecule has 0 spiro atoms. The summed E-state index contributed by atoms with van der Waals surface area (Å²) in [4.78, 5) is 0. The molecule has 0 aromatic rings. The third-order valence-corrected chi connectivity index (χ3v) is 13.6. The number of rotatable bonds is 32. The van der Waals surface area contributed by atoms with Gasteiger partial charge in [-0.1, -0.05) is 135 Å². The summed E-state index contributed by atoms with van der Waals surface area (Å²) < 4.78 is 37.6. The van der Waals surface area contributed by atoms with Crippen LogP contribution in [0.25, 0.3) is 0 Å². The van der Waals surface area contributed by atoms with Crippen molar-refractivity contribution in [2.24, 2.45) is 16.7 Å². The van der Waals surface area contributed by atoms with Crippen molar-refractivity contribution in [2.45, 2.75) is 235 Å². The molecule has 3 aliphatic carbocycles. The van der Waals surface area contributed by atoms with Gasteiger partial charge in [0.25, 0.3) is 0 Å². The molecular weight excluding hydrogens is 710 g/mol. The number of hydrogen-bond acceptors (Lipinski definition) is 10. The molecule has 2 heterocycles. The summed E-state index contributed by atoms with van der Waals surface area (Å²) in [5.74, 6) is -0.593. The number of hydrogen-bond donors (Lipinski definition) is 8. The molecule has 0 radical (unpaired) electrons. The van der Waals surface area contributed by atoms with Gasteiger partial charge in [-0.25, -0.2) is 8.78 Å². The summed E-state index contributed by atoms with van der Waals surface area (Å²) >= 11 is 0. The zero-order chi connectivity index (χ0) is 39.7. The lowest BCUT2D eigenvalue weighted by Gasteiger charge is -2.70. The number of nitrogens with one attached hydrogen (secondary N) is 2. The van der Waals surface area contributed by atoms with E-state index in [1.165, 1.54) is 96.3 Å². The number of unbranched alkanes of at least 4 members (excludes halogenated alkanes) is 18. The van der Waals surface area contributed by atoms with Crippen molar-refractivity contribution in [2.75, 3.05) is 19.8 Å². The van der Waals surface area contributed by atoms with E-state index in [2.05, 4.69) is 17.6 Å². The number of ether oxygens (including phenoxy) is 2. The first kappa shape index (κ1) is 47.1. The van der Waals surface area contributed by atoms with Crippen molar-refractivity contribution in [3.63, 3.8) is 0 Å². The van der Waals surface area contributed by atoms with E-state index in [1.54, 1.807) is 0 Å². The molecule has 2 aliphatic heterocycles. The van der Waals surface area contributed by atoms with Crippen molar-refractivity contribution >= 4 is 0 Å². The minimum Gasteiger partial charge on any atom is -0.394 e. The monoisotopic (exact) mass is 791 g/mol. The Morgan fingerprint density at radius 3 is 1.84 bits per heavy atom. The van der Waals surface area contributed by atoms with Crippen LogP contribution in [0.3, 0.4) is 0 Å².